The Labute approximate surface area is 171 Å². The average Bonchev–Trinajstić information content (AvgIpc) is 3.33. The van der Waals surface area contributed by atoms with Crippen LogP contribution in [-0.2, 0) is 11.3 Å². The SMILES string of the molecule is CN=C(NCc1ccc(-n2ccnc2C)c(F)c1)NC1CCN(C(=O)C(C)C)C1. The Kier molecular flexibility index (Phi) is 6.51. The number of hydrogen-bond donors (Lipinski definition) is 2. The molecule has 1 aromatic heterocycles. The van der Waals surface area contributed by atoms with Crippen LogP contribution in [-0.4, -0.2) is 52.5 Å². The lowest BCUT2D eigenvalue weighted by Gasteiger charge is -2.20. The zero-order chi connectivity index (χ0) is 21.0. The lowest BCUT2D eigenvalue weighted by molar-refractivity contribution is -0.133. The highest BCUT2D eigenvalue weighted by atomic mass is 19.1. The van der Waals surface area contributed by atoms with Crippen LogP contribution in [0.5, 0.6) is 0 Å². The number of guanidine groups is 1. The summed E-state index contributed by atoms with van der Waals surface area (Å²) in [5.74, 6) is 1.27. The number of benzene rings is 1. The quantitative estimate of drug-likeness (QED) is 0.596. The van der Waals surface area contributed by atoms with Crippen molar-refractivity contribution >= 4 is 11.9 Å². The first-order valence-corrected chi connectivity index (χ1v) is 9.93. The van der Waals surface area contributed by atoms with E-state index in [0.717, 1.165) is 24.4 Å². The van der Waals surface area contributed by atoms with Gasteiger partial charge in [-0.05, 0) is 31.0 Å². The van der Waals surface area contributed by atoms with Crippen LogP contribution < -0.4 is 10.6 Å². The van der Waals surface area contributed by atoms with Crippen LogP contribution in [0.4, 0.5) is 4.39 Å². The first-order valence-electron chi connectivity index (χ1n) is 9.93. The fourth-order valence-corrected chi connectivity index (χ4v) is 3.51. The van der Waals surface area contributed by atoms with Crippen LogP contribution >= 0.6 is 0 Å². The standard InChI is InChI=1S/C21H29FN6O/c1-14(2)20(29)27-9-7-17(13-27)26-21(23-4)25-12-16-5-6-19(18(22)11-16)28-10-8-24-15(28)3/h5-6,8,10-11,14,17H,7,9,12-13H2,1-4H3,(H2,23,25,26). The van der Waals surface area contributed by atoms with Crippen molar-refractivity contribution < 1.29 is 9.18 Å². The van der Waals surface area contributed by atoms with E-state index < -0.39 is 0 Å². The van der Waals surface area contributed by atoms with Crippen molar-refractivity contribution in [2.24, 2.45) is 10.9 Å². The van der Waals surface area contributed by atoms with Crippen LogP contribution in [0.2, 0.25) is 0 Å². The molecule has 156 valence electrons. The Morgan fingerprint density at radius 1 is 1.41 bits per heavy atom. The normalized spacial score (nSPS) is 17.1. The fourth-order valence-electron chi connectivity index (χ4n) is 3.51. The lowest BCUT2D eigenvalue weighted by atomic mass is 10.2. The molecule has 1 fully saturated rings. The van der Waals surface area contributed by atoms with Gasteiger partial charge in [0.05, 0.1) is 5.69 Å². The molecular formula is C21H29FN6O. The van der Waals surface area contributed by atoms with Crippen LogP contribution in [0.3, 0.4) is 0 Å². The molecule has 1 aliphatic heterocycles. The van der Waals surface area contributed by atoms with Crippen LogP contribution in [0.1, 0.15) is 31.7 Å². The second-order valence-electron chi connectivity index (χ2n) is 7.62. The number of nitrogens with one attached hydrogen (secondary N) is 2. The topological polar surface area (TPSA) is 74.6 Å². The van der Waals surface area contributed by atoms with Crippen molar-refractivity contribution in [3.05, 3.63) is 47.8 Å². The molecular weight excluding hydrogens is 371 g/mol. The van der Waals surface area contributed by atoms with Crippen LogP contribution in [0.15, 0.2) is 35.6 Å². The summed E-state index contributed by atoms with van der Waals surface area (Å²) in [5, 5.41) is 6.58. The molecule has 1 unspecified atom stereocenters. The molecule has 0 saturated carbocycles. The Morgan fingerprint density at radius 3 is 2.83 bits per heavy atom. The minimum Gasteiger partial charge on any atom is -0.352 e. The number of imidazole rings is 1. The molecule has 0 radical (unpaired) electrons. The van der Waals surface area contributed by atoms with Crippen molar-refractivity contribution in [3.63, 3.8) is 0 Å². The maximum atomic E-state index is 14.6. The Hall–Kier alpha value is -2.90. The van der Waals surface area contributed by atoms with Gasteiger partial charge in [0.25, 0.3) is 0 Å². The van der Waals surface area contributed by atoms with Crippen molar-refractivity contribution in [2.75, 3.05) is 20.1 Å². The zero-order valence-corrected chi connectivity index (χ0v) is 17.4. The van der Waals surface area contributed by atoms with E-state index >= 15 is 0 Å². The van der Waals surface area contributed by atoms with Gasteiger partial charge in [0.15, 0.2) is 5.96 Å². The number of hydrogen-bond acceptors (Lipinski definition) is 3. The molecule has 2 heterocycles. The van der Waals surface area contributed by atoms with Gasteiger partial charge in [0.1, 0.15) is 11.6 Å². The monoisotopic (exact) mass is 400 g/mol. The Morgan fingerprint density at radius 2 is 2.21 bits per heavy atom. The second-order valence-corrected chi connectivity index (χ2v) is 7.62. The van der Waals surface area contributed by atoms with E-state index in [4.69, 9.17) is 0 Å². The maximum Gasteiger partial charge on any atom is 0.225 e. The van der Waals surface area contributed by atoms with Gasteiger partial charge in [0.2, 0.25) is 5.91 Å². The number of halogens is 1. The Balaban J connectivity index is 1.56. The number of likely N-dealkylation sites (tertiary alicyclic amines) is 1. The third-order valence-electron chi connectivity index (χ3n) is 5.12. The Bertz CT molecular complexity index is 891. The molecule has 0 spiro atoms. The fraction of sp³-hybridized carbons (Fsp3) is 0.476. The predicted octanol–water partition coefficient (Wildman–Crippen LogP) is 2.24. The van der Waals surface area contributed by atoms with Gasteiger partial charge in [-0.15, -0.1) is 0 Å². The molecule has 7 nitrogen and oxygen atoms in total. The highest BCUT2D eigenvalue weighted by molar-refractivity contribution is 5.81. The summed E-state index contributed by atoms with van der Waals surface area (Å²) in [7, 11) is 1.70. The smallest absolute Gasteiger partial charge is 0.225 e. The van der Waals surface area contributed by atoms with Crippen molar-refractivity contribution in [3.8, 4) is 5.69 Å². The van der Waals surface area contributed by atoms with E-state index in [9.17, 15) is 9.18 Å². The number of carbonyl (C=O) groups excluding carboxylic acids is 1. The number of nitrogens with zero attached hydrogens (tertiary/aromatic N) is 4. The molecule has 1 atom stereocenters. The average molecular weight is 401 g/mol. The first-order chi connectivity index (χ1) is 13.9. The molecule has 29 heavy (non-hydrogen) atoms. The van der Waals surface area contributed by atoms with Gasteiger partial charge in [0, 0.05) is 51.0 Å². The second kappa shape index (κ2) is 9.07. The minimum atomic E-state index is -0.299. The number of aryl methyl sites for hydroxylation is 1. The van der Waals surface area contributed by atoms with Gasteiger partial charge in [-0.25, -0.2) is 9.37 Å². The van der Waals surface area contributed by atoms with E-state index in [-0.39, 0.29) is 23.7 Å². The number of aromatic nitrogens is 2. The summed E-state index contributed by atoms with van der Waals surface area (Å²) in [6.45, 7) is 7.55. The van der Waals surface area contributed by atoms with E-state index in [1.54, 1.807) is 30.1 Å². The third kappa shape index (κ3) is 4.93. The van der Waals surface area contributed by atoms with Crippen molar-refractivity contribution in [1.82, 2.24) is 25.1 Å². The van der Waals surface area contributed by atoms with Crippen LogP contribution in [0, 0.1) is 18.7 Å². The van der Waals surface area contributed by atoms with Gasteiger partial charge in [-0.3, -0.25) is 9.79 Å². The summed E-state index contributed by atoms with van der Waals surface area (Å²) in [6.07, 6.45) is 4.28. The largest absolute Gasteiger partial charge is 0.352 e. The highest BCUT2D eigenvalue weighted by Gasteiger charge is 2.27. The molecule has 0 bridgehead atoms. The third-order valence-corrected chi connectivity index (χ3v) is 5.12. The highest BCUT2D eigenvalue weighted by Crippen LogP contribution is 2.17. The zero-order valence-electron chi connectivity index (χ0n) is 17.4. The van der Waals surface area contributed by atoms with Crippen molar-refractivity contribution in [2.45, 2.75) is 39.8 Å². The summed E-state index contributed by atoms with van der Waals surface area (Å²) in [6, 6.07) is 5.32. The molecule has 1 aliphatic rings. The molecule has 0 aliphatic carbocycles. The van der Waals surface area contributed by atoms with E-state index in [2.05, 4.69) is 20.6 Å². The molecule has 3 rings (SSSR count). The molecule has 2 N–H and O–H groups in total. The number of aliphatic imine (C=N–C) groups is 1. The van der Waals surface area contributed by atoms with Gasteiger partial charge in [-0.2, -0.15) is 0 Å². The lowest BCUT2D eigenvalue weighted by Crippen LogP contribution is -2.45. The summed E-state index contributed by atoms with van der Waals surface area (Å²) >= 11 is 0. The molecule has 1 amide bonds. The number of carbonyl (C=O) groups is 1. The maximum absolute atomic E-state index is 14.6. The number of amides is 1. The molecule has 1 saturated heterocycles. The molecule has 8 heteroatoms. The summed E-state index contributed by atoms with van der Waals surface area (Å²) < 4.78 is 16.3. The predicted molar refractivity (Wildman–Crippen MR) is 111 cm³/mol. The number of rotatable bonds is 5. The summed E-state index contributed by atoms with van der Waals surface area (Å²) in [4.78, 5) is 22.4. The van der Waals surface area contributed by atoms with Gasteiger partial charge in [-0.1, -0.05) is 19.9 Å². The van der Waals surface area contributed by atoms with Crippen molar-refractivity contribution in [1.29, 1.82) is 0 Å². The van der Waals surface area contributed by atoms with Gasteiger partial charge < -0.3 is 20.1 Å². The van der Waals surface area contributed by atoms with E-state index in [1.807, 2.05) is 31.7 Å². The summed E-state index contributed by atoms with van der Waals surface area (Å²) in [5.41, 5.74) is 1.29. The minimum absolute atomic E-state index is 0.00941. The molecule has 1 aromatic carbocycles. The van der Waals surface area contributed by atoms with E-state index in [0.29, 0.717) is 24.7 Å². The molecule has 2 aromatic rings. The van der Waals surface area contributed by atoms with E-state index in [1.165, 1.54) is 6.07 Å². The van der Waals surface area contributed by atoms with Gasteiger partial charge >= 0.3 is 0 Å². The van der Waals surface area contributed by atoms with Crippen LogP contribution in [0.25, 0.3) is 5.69 Å². The first kappa shape index (κ1) is 20.8.